The minimum absolute atomic E-state index is 0.00613. The maximum atomic E-state index is 12.8. The van der Waals surface area contributed by atoms with Crippen LogP contribution in [0, 0.1) is 13.8 Å². The Morgan fingerprint density at radius 1 is 1.15 bits per heavy atom. The van der Waals surface area contributed by atoms with Crippen LogP contribution in [0.4, 0.5) is 0 Å². The lowest BCUT2D eigenvalue weighted by Crippen LogP contribution is -2.24. The number of oxazole rings is 2. The number of aromatic nitrogens is 2. The average Bonchev–Trinajstić information content (AvgIpc) is 3.37. The molecule has 0 aliphatic heterocycles. The van der Waals surface area contributed by atoms with E-state index in [2.05, 4.69) is 21.9 Å². The van der Waals surface area contributed by atoms with E-state index in [0.29, 0.717) is 29.4 Å². The number of benzene rings is 1. The van der Waals surface area contributed by atoms with Crippen molar-refractivity contribution in [3.05, 3.63) is 83.3 Å². The van der Waals surface area contributed by atoms with Crippen LogP contribution in [0.5, 0.6) is 11.5 Å². The second kappa shape index (κ2) is 11.0. The molecule has 0 saturated heterocycles. The van der Waals surface area contributed by atoms with Crippen molar-refractivity contribution in [3.63, 3.8) is 0 Å². The Labute approximate surface area is 196 Å². The lowest BCUT2D eigenvalue weighted by Gasteiger charge is -2.02. The Bertz CT molecular complexity index is 1270. The zero-order valence-electron chi connectivity index (χ0n) is 19.1. The first kappa shape index (κ1) is 24.2. The summed E-state index contributed by atoms with van der Waals surface area (Å²) >= 11 is 0. The summed E-state index contributed by atoms with van der Waals surface area (Å²) in [5.74, 6) is 0.618. The highest BCUT2D eigenvalue weighted by Gasteiger charge is 2.22. The summed E-state index contributed by atoms with van der Waals surface area (Å²) in [7, 11) is 1.47. The SMILES string of the molecule is C=C/C=C/CNC(=O)c1nc(CC(=O)c2nc(/C=C/c3ccc(OC)c(O)c3)oc2C)oc1C. The molecule has 0 fully saturated rings. The first-order chi connectivity index (χ1) is 16.3. The molecule has 0 unspecified atom stereocenters. The van der Waals surface area contributed by atoms with Crippen LogP contribution in [0.25, 0.3) is 12.2 Å². The number of aryl methyl sites for hydroxylation is 2. The number of ketones is 1. The van der Waals surface area contributed by atoms with Gasteiger partial charge in [-0.25, -0.2) is 9.97 Å². The van der Waals surface area contributed by atoms with E-state index < -0.39 is 5.91 Å². The molecule has 1 aromatic carbocycles. The highest BCUT2D eigenvalue weighted by Crippen LogP contribution is 2.27. The van der Waals surface area contributed by atoms with Gasteiger partial charge in [-0.3, -0.25) is 9.59 Å². The van der Waals surface area contributed by atoms with Crippen molar-refractivity contribution < 1.29 is 28.3 Å². The number of nitrogens with one attached hydrogen (secondary N) is 1. The van der Waals surface area contributed by atoms with Crippen molar-refractivity contribution in [3.8, 4) is 11.5 Å². The molecule has 3 rings (SSSR count). The van der Waals surface area contributed by atoms with Gasteiger partial charge in [0.2, 0.25) is 11.8 Å². The first-order valence-electron chi connectivity index (χ1n) is 10.4. The molecule has 2 heterocycles. The number of nitrogens with zero attached hydrogens (tertiary/aromatic N) is 2. The van der Waals surface area contributed by atoms with E-state index in [1.807, 2.05) is 0 Å². The number of ether oxygens (including phenoxy) is 1. The Kier molecular flexibility index (Phi) is 7.81. The normalized spacial score (nSPS) is 11.3. The molecular weight excluding hydrogens is 438 g/mol. The van der Waals surface area contributed by atoms with Gasteiger partial charge in [0.15, 0.2) is 23.0 Å². The van der Waals surface area contributed by atoms with Gasteiger partial charge in [-0.05, 0) is 37.6 Å². The second-order valence-electron chi connectivity index (χ2n) is 7.21. The molecule has 34 heavy (non-hydrogen) atoms. The van der Waals surface area contributed by atoms with Gasteiger partial charge >= 0.3 is 0 Å². The van der Waals surface area contributed by atoms with Crippen molar-refractivity contribution in [2.45, 2.75) is 20.3 Å². The molecule has 0 aliphatic carbocycles. The van der Waals surface area contributed by atoms with E-state index in [1.54, 1.807) is 56.4 Å². The zero-order chi connectivity index (χ0) is 24.7. The molecule has 1 amide bonds. The van der Waals surface area contributed by atoms with Gasteiger partial charge in [-0.2, -0.15) is 0 Å². The molecule has 0 spiro atoms. The number of hydrogen-bond acceptors (Lipinski definition) is 8. The first-order valence-corrected chi connectivity index (χ1v) is 10.4. The summed E-state index contributed by atoms with van der Waals surface area (Å²) in [6.07, 6.45) is 8.16. The number of amides is 1. The van der Waals surface area contributed by atoms with Crippen molar-refractivity contribution in [2.75, 3.05) is 13.7 Å². The van der Waals surface area contributed by atoms with E-state index in [-0.39, 0.29) is 41.1 Å². The minimum atomic E-state index is -0.400. The Hall–Kier alpha value is -4.40. The molecule has 176 valence electrons. The van der Waals surface area contributed by atoms with E-state index in [4.69, 9.17) is 13.6 Å². The molecule has 2 aromatic heterocycles. The van der Waals surface area contributed by atoms with Gasteiger partial charge < -0.3 is 24.0 Å². The molecule has 0 saturated carbocycles. The van der Waals surface area contributed by atoms with Gasteiger partial charge in [0, 0.05) is 12.6 Å². The number of allylic oxidation sites excluding steroid dienone is 2. The standard InChI is InChI=1S/C25H25N3O6/c1-5-6-7-12-26-25(31)24-16(3)34-22(28-24)14-19(30)23-15(2)33-21(27-23)11-9-17-8-10-20(32-4)18(29)13-17/h5-11,13,29H,1,12,14H2,2-4H3,(H,26,31)/b7-6+,11-9+. The third kappa shape index (κ3) is 5.89. The Balaban J connectivity index is 1.68. The quantitative estimate of drug-likeness (QED) is 0.340. The molecule has 0 aliphatic rings. The number of carbonyl (C=O) groups excluding carboxylic acids is 2. The number of aromatic hydroxyl groups is 1. The van der Waals surface area contributed by atoms with E-state index >= 15 is 0 Å². The number of methoxy groups -OCH3 is 1. The Morgan fingerprint density at radius 2 is 1.91 bits per heavy atom. The number of carbonyl (C=O) groups is 2. The fourth-order valence-electron chi connectivity index (χ4n) is 3.08. The van der Waals surface area contributed by atoms with Crippen LogP contribution in [0.1, 0.15) is 49.8 Å². The number of hydrogen-bond donors (Lipinski definition) is 2. The molecule has 0 atom stereocenters. The summed E-state index contributed by atoms with van der Waals surface area (Å²) < 4.78 is 16.1. The molecule has 2 N–H and O–H groups in total. The lowest BCUT2D eigenvalue weighted by atomic mass is 10.2. The van der Waals surface area contributed by atoms with Gasteiger partial charge in [-0.15, -0.1) is 0 Å². The maximum absolute atomic E-state index is 12.8. The van der Waals surface area contributed by atoms with Crippen molar-refractivity contribution in [1.29, 1.82) is 0 Å². The van der Waals surface area contributed by atoms with Gasteiger partial charge in [0.25, 0.3) is 5.91 Å². The number of Topliss-reactive ketones (excluding diaryl/α,β-unsaturated/α-hetero) is 1. The van der Waals surface area contributed by atoms with Crippen molar-refractivity contribution in [2.24, 2.45) is 0 Å². The number of phenols is 1. The summed E-state index contributed by atoms with van der Waals surface area (Å²) in [6, 6.07) is 4.92. The third-order valence-corrected chi connectivity index (χ3v) is 4.72. The van der Waals surface area contributed by atoms with E-state index in [9.17, 15) is 14.7 Å². The monoisotopic (exact) mass is 463 g/mol. The van der Waals surface area contributed by atoms with Crippen LogP contribution in [0.2, 0.25) is 0 Å². The number of rotatable bonds is 10. The zero-order valence-corrected chi connectivity index (χ0v) is 19.1. The summed E-state index contributed by atoms with van der Waals surface area (Å²) in [5.41, 5.74) is 0.967. The summed E-state index contributed by atoms with van der Waals surface area (Å²) in [5, 5.41) is 12.6. The fraction of sp³-hybridized carbons (Fsp3) is 0.200. The molecule has 9 nitrogen and oxygen atoms in total. The predicted molar refractivity (Wildman–Crippen MR) is 126 cm³/mol. The van der Waals surface area contributed by atoms with Crippen LogP contribution in [0.15, 0.2) is 51.8 Å². The number of phenolic OH excluding ortho intramolecular Hbond substituents is 1. The maximum Gasteiger partial charge on any atom is 0.273 e. The third-order valence-electron chi connectivity index (χ3n) is 4.72. The molecule has 0 radical (unpaired) electrons. The molecule has 0 bridgehead atoms. The van der Waals surface area contributed by atoms with Gasteiger partial charge in [0.05, 0.1) is 13.5 Å². The van der Waals surface area contributed by atoms with Crippen LogP contribution in [-0.4, -0.2) is 40.4 Å². The minimum Gasteiger partial charge on any atom is -0.504 e. The summed E-state index contributed by atoms with van der Waals surface area (Å²) in [4.78, 5) is 33.4. The highest BCUT2D eigenvalue weighted by molar-refractivity contribution is 5.97. The average molecular weight is 463 g/mol. The van der Waals surface area contributed by atoms with Crippen molar-refractivity contribution >= 4 is 23.8 Å². The van der Waals surface area contributed by atoms with Crippen molar-refractivity contribution in [1.82, 2.24) is 15.3 Å². The molecule has 3 aromatic rings. The highest BCUT2D eigenvalue weighted by atomic mass is 16.5. The smallest absolute Gasteiger partial charge is 0.273 e. The van der Waals surface area contributed by atoms with Crippen LogP contribution >= 0.6 is 0 Å². The van der Waals surface area contributed by atoms with E-state index in [0.717, 1.165) is 0 Å². The fourth-order valence-corrected chi connectivity index (χ4v) is 3.08. The largest absolute Gasteiger partial charge is 0.504 e. The predicted octanol–water partition coefficient (Wildman–Crippen LogP) is 4.06. The Morgan fingerprint density at radius 3 is 2.62 bits per heavy atom. The lowest BCUT2D eigenvalue weighted by molar-refractivity contribution is 0.0948. The van der Waals surface area contributed by atoms with E-state index in [1.165, 1.54) is 13.2 Å². The molecule has 9 heteroatoms. The molecular formula is C25H25N3O6. The van der Waals surface area contributed by atoms with Gasteiger partial charge in [-0.1, -0.05) is 30.9 Å². The topological polar surface area (TPSA) is 128 Å². The van der Waals surface area contributed by atoms with Crippen LogP contribution in [-0.2, 0) is 6.42 Å². The summed E-state index contributed by atoms with van der Waals surface area (Å²) in [6.45, 7) is 7.11. The van der Waals surface area contributed by atoms with Crippen LogP contribution < -0.4 is 10.1 Å². The second-order valence-corrected chi connectivity index (χ2v) is 7.21. The van der Waals surface area contributed by atoms with Gasteiger partial charge in [0.1, 0.15) is 17.2 Å². The van der Waals surface area contributed by atoms with Crippen LogP contribution in [0.3, 0.4) is 0 Å².